The molecule has 0 saturated heterocycles. The summed E-state index contributed by atoms with van der Waals surface area (Å²) in [6, 6.07) is 6.52. The lowest BCUT2D eigenvalue weighted by molar-refractivity contribution is 0.0626. The summed E-state index contributed by atoms with van der Waals surface area (Å²) in [6.07, 6.45) is 4.64. The van der Waals surface area contributed by atoms with E-state index >= 15 is 0 Å². The second-order valence-corrected chi connectivity index (χ2v) is 6.00. The zero-order valence-electron chi connectivity index (χ0n) is 10.6. The molecule has 1 heteroatoms. The van der Waals surface area contributed by atoms with Crippen LogP contribution >= 0.6 is 0 Å². The zero-order chi connectivity index (χ0) is 11.8. The quantitative estimate of drug-likeness (QED) is 0.763. The molecule has 0 radical (unpaired) electrons. The number of fused-ring (bicyclic) bond motifs is 1. The van der Waals surface area contributed by atoms with Gasteiger partial charge in [0.1, 0.15) is 0 Å². The van der Waals surface area contributed by atoms with Crippen molar-refractivity contribution in [2.24, 2.45) is 5.41 Å². The van der Waals surface area contributed by atoms with E-state index in [2.05, 4.69) is 39.0 Å². The average molecular weight is 218 g/mol. The van der Waals surface area contributed by atoms with E-state index in [1.54, 1.807) is 0 Å². The van der Waals surface area contributed by atoms with Crippen LogP contribution in [0.2, 0.25) is 0 Å². The highest BCUT2D eigenvalue weighted by molar-refractivity contribution is 5.35. The third-order valence-corrected chi connectivity index (χ3v) is 3.51. The van der Waals surface area contributed by atoms with Crippen molar-refractivity contribution >= 4 is 0 Å². The van der Waals surface area contributed by atoms with Crippen molar-refractivity contribution < 1.29 is 5.11 Å². The lowest BCUT2D eigenvalue weighted by atomic mass is 9.82. The van der Waals surface area contributed by atoms with E-state index in [1.807, 2.05) is 0 Å². The Hall–Kier alpha value is -0.820. The summed E-state index contributed by atoms with van der Waals surface area (Å²) < 4.78 is 0. The molecule has 1 N–H and O–H groups in total. The first-order valence-electron chi connectivity index (χ1n) is 6.28. The van der Waals surface area contributed by atoms with Gasteiger partial charge in [0.25, 0.3) is 0 Å². The van der Waals surface area contributed by atoms with Crippen molar-refractivity contribution in [3.63, 3.8) is 0 Å². The van der Waals surface area contributed by atoms with E-state index in [0.29, 0.717) is 0 Å². The van der Waals surface area contributed by atoms with Crippen LogP contribution in [0.1, 0.15) is 56.4 Å². The number of benzene rings is 1. The Labute approximate surface area is 98.5 Å². The highest BCUT2D eigenvalue weighted by atomic mass is 16.3. The maximum Gasteiger partial charge on any atom is 0.0838 e. The fourth-order valence-corrected chi connectivity index (χ4v) is 2.42. The number of aliphatic hydroxyl groups excluding tert-OH is 1. The molecule has 0 amide bonds. The molecule has 16 heavy (non-hydrogen) atoms. The fourth-order valence-electron chi connectivity index (χ4n) is 2.42. The van der Waals surface area contributed by atoms with Gasteiger partial charge in [-0.1, -0.05) is 39.0 Å². The van der Waals surface area contributed by atoms with Gasteiger partial charge in [-0.15, -0.1) is 0 Å². The van der Waals surface area contributed by atoms with Crippen molar-refractivity contribution in [3.8, 4) is 0 Å². The Morgan fingerprint density at radius 2 is 1.69 bits per heavy atom. The third-order valence-electron chi connectivity index (χ3n) is 3.51. The molecule has 88 valence electrons. The van der Waals surface area contributed by atoms with Crippen molar-refractivity contribution in [2.75, 3.05) is 0 Å². The Balaban J connectivity index is 2.30. The second kappa shape index (κ2) is 4.21. The Morgan fingerprint density at radius 1 is 1.06 bits per heavy atom. The molecule has 2 rings (SSSR count). The number of hydrogen-bond donors (Lipinski definition) is 1. The molecular weight excluding hydrogens is 196 g/mol. The summed E-state index contributed by atoms with van der Waals surface area (Å²) in [7, 11) is 0. The van der Waals surface area contributed by atoms with Crippen molar-refractivity contribution in [2.45, 2.75) is 52.6 Å². The summed E-state index contributed by atoms with van der Waals surface area (Å²) >= 11 is 0. The highest BCUT2D eigenvalue weighted by Crippen LogP contribution is 2.34. The minimum absolute atomic E-state index is 0.0805. The molecule has 1 aromatic rings. The average Bonchev–Trinajstić information content (AvgIpc) is 2.26. The van der Waals surface area contributed by atoms with Crippen LogP contribution in [-0.4, -0.2) is 5.11 Å². The smallest absolute Gasteiger partial charge is 0.0838 e. The van der Waals surface area contributed by atoms with Crippen LogP contribution in [0.5, 0.6) is 0 Å². The monoisotopic (exact) mass is 218 g/mol. The molecule has 0 bridgehead atoms. The zero-order valence-corrected chi connectivity index (χ0v) is 10.6. The lowest BCUT2D eigenvalue weighted by Gasteiger charge is -2.27. The van der Waals surface area contributed by atoms with Crippen LogP contribution in [0.15, 0.2) is 18.2 Å². The number of hydrogen-bond acceptors (Lipinski definition) is 1. The molecule has 0 aliphatic heterocycles. The van der Waals surface area contributed by atoms with Crippen molar-refractivity contribution in [1.29, 1.82) is 0 Å². The van der Waals surface area contributed by atoms with Crippen LogP contribution in [0.3, 0.4) is 0 Å². The molecule has 1 nitrogen and oxygen atoms in total. The minimum Gasteiger partial charge on any atom is -0.388 e. The standard InChI is InChI=1S/C15H22O/c1-15(2,3)14(16)13-9-8-11-6-4-5-7-12(11)10-13/h8-10,14,16H,4-7H2,1-3H3. The predicted octanol–water partition coefficient (Wildman–Crippen LogP) is 3.64. The fraction of sp³-hybridized carbons (Fsp3) is 0.600. The maximum absolute atomic E-state index is 10.3. The van der Waals surface area contributed by atoms with Gasteiger partial charge in [-0.2, -0.15) is 0 Å². The van der Waals surface area contributed by atoms with Gasteiger partial charge < -0.3 is 5.11 Å². The number of rotatable bonds is 1. The molecule has 0 saturated carbocycles. The first-order chi connectivity index (χ1) is 7.48. The number of aliphatic hydroxyl groups is 1. The second-order valence-electron chi connectivity index (χ2n) is 6.00. The van der Waals surface area contributed by atoms with Gasteiger partial charge in [0.05, 0.1) is 6.10 Å². The molecular formula is C15H22O. The predicted molar refractivity (Wildman–Crippen MR) is 67.5 cm³/mol. The third kappa shape index (κ3) is 2.30. The van der Waals surface area contributed by atoms with Crippen molar-refractivity contribution in [1.82, 2.24) is 0 Å². The topological polar surface area (TPSA) is 20.2 Å². The largest absolute Gasteiger partial charge is 0.388 e. The van der Waals surface area contributed by atoms with Crippen LogP contribution in [-0.2, 0) is 12.8 Å². The van der Waals surface area contributed by atoms with E-state index in [0.717, 1.165) is 5.56 Å². The van der Waals surface area contributed by atoms with E-state index < -0.39 is 0 Å². The van der Waals surface area contributed by atoms with Gasteiger partial charge in [-0.3, -0.25) is 0 Å². The van der Waals surface area contributed by atoms with Gasteiger partial charge in [-0.05, 0) is 47.8 Å². The molecule has 0 heterocycles. The molecule has 1 atom stereocenters. The minimum atomic E-state index is -0.361. The summed E-state index contributed by atoms with van der Waals surface area (Å²) in [5, 5.41) is 10.3. The van der Waals surface area contributed by atoms with E-state index in [-0.39, 0.29) is 11.5 Å². The van der Waals surface area contributed by atoms with Crippen LogP contribution in [0.4, 0.5) is 0 Å². The van der Waals surface area contributed by atoms with Gasteiger partial charge in [0, 0.05) is 0 Å². The first-order valence-corrected chi connectivity index (χ1v) is 6.28. The van der Waals surface area contributed by atoms with Gasteiger partial charge in [-0.25, -0.2) is 0 Å². The first kappa shape index (κ1) is 11.7. The molecule has 1 aliphatic rings. The van der Waals surface area contributed by atoms with Gasteiger partial charge in [0.2, 0.25) is 0 Å². The Kier molecular flexibility index (Phi) is 3.07. The lowest BCUT2D eigenvalue weighted by Crippen LogP contribution is -2.18. The Bertz CT molecular complexity index is 374. The van der Waals surface area contributed by atoms with Crippen molar-refractivity contribution in [3.05, 3.63) is 34.9 Å². The van der Waals surface area contributed by atoms with Crippen LogP contribution < -0.4 is 0 Å². The summed E-state index contributed by atoms with van der Waals surface area (Å²) in [6.45, 7) is 6.24. The summed E-state index contributed by atoms with van der Waals surface area (Å²) in [4.78, 5) is 0. The van der Waals surface area contributed by atoms with Crippen LogP contribution in [0.25, 0.3) is 0 Å². The van der Waals surface area contributed by atoms with E-state index in [9.17, 15) is 5.11 Å². The SMILES string of the molecule is CC(C)(C)C(O)c1ccc2c(c1)CCCC2. The van der Waals surface area contributed by atoms with E-state index in [1.165, 1.54) is 36.8 Å². The maximum atomic E-state index is 10.3. The summed E-state index contributed by atoms with van der Waals surface area (Å²) in [5.74, 6) is 0. The van der Waals surface area contributed by atoms with Gasteiger partial charge in [0.15, 0.2) is 0 Å². The molecule has 1 aromatic carbocycles. The normalized spacial score (nSPS) is 18.0. The number of aryl methyl sites for hydroxylation is 2. The highest BCUT2D eigenvalue weighted by Gasteiger charge is 2.24. The molecule has 1 aliphatic carbocycles. The molecule has 1 unspecified atom stereocenters. The van der Waals surface area contributed by atoms with Gasteiger partial charge >= 0.3 is 0 Å². The molecule has 0 spiro atoms. The molecule has 0 aromatic heterocycles. The summed E-state index contributed by atoms with van der Waals surface area (Å²) in [5.41, 5.74) is 3.93. The van der Waals surface area contributed by atoms with Crippen LogP contribution in [0, 0.1) is 5.41 Å². The Morgan fingerprint density at radius 3 is 2.31 bits per heavy atom. The van der Waals surface area contributed by atoms with E-state index in [4.69, 9.17) is 0 Å². The molecule has 0 fully saturated rings.